The van der Waals surface area contributed by atoms with E-state index in [0.717, 1.165) is 25.7 Å². The second-order valence-corrected chi connectivity index (χ2v) is 4.07. The summed E-state index contributed by atoms with van der Waals surface area (Å²) in [5.74, 6) is 0.188. The molecule has 16 heavy (non-hydrogen) atoms. The van der Waals surface area contributed by atoms with Crippen molar-refractivity contribution in [1.29, 1.82) is 5.26 Å². The Bertz CT molecular complexity index is 321. The summed E-state index contributed by atoms with van der Waals surface area (Å²) in [6.07, 6.45) is 7.45. The first kappa shape index (κ1) is 12.6. The van der Waals surface area contributed by atoms with Crippen molar-refractivity contribution in [3.05, 3.63) is 22.6 Å². The number of aliphatic hydroxyl groups is 1. The number of aliphatic hydroxyl groups excluding tert-OH is 1. The van der Waals surface area contributed by atoms with Crippen molar-refractivity contribution in [1.82, 2.24) is 0 Å². The second kappa shape index (κ2) is 6.89. The van der Waals surface area contributed by atoms with Gasteiger partial charge in [-0.05, 0) is 24.3 Å². The Morgan fingerprint density at radius 3 is 2.69 bits per heavy atom. The highest BCUT2D eigenvalue weighted by atomic mass is 16.3. The van der Waals surface area contributed by atoms with Crippen molar-refractivity contribution in [3.63, 3.8) is 0 Å². The van der Waals surface area contributed by atoms with Crippen LogP contribution in [0.4, 0.5) is 0 Å². The molecule has 86 valence electrons. The van der Waals surface area contributed by atoms with Crippen LogP contribution in [-0.2, 0) is 0 Å². The van der Waals surface area contributed by atoms with Crippen molar-refractivity contribution in [2.24, 2.45) is 11.0 Å². The fourth-order valence-corrected chi connectivity index (χ4v) is 2.18. The number of rotatable bonds is 4. The third kappa shape index (κ3) is 3.58. The van der Waals surface area contributed by atoms with Crippen molar-refractivity contribution in [2.45, 2.75) is 44.2 Å². The number of azide groups is 1. The summed E-state index contributed by atoms with van der Waals surface area (Å²) in [5, 5.41) is 22.0. The topological polar surface area (TPSA) is 92.8 Å². The van der Waals surface area contributed by atoms with E-state index in [1.165, 1.54) is 18.6 Å². The minimum absolute atomic E-state index is 0.188. The van der Waals surface area contributed by atoms with E-state index in [4.69, 9.17) is 10.8 Å². The Labute approximate surface area is 95.0 Å². The molecule has 1 saturated carbocycles. The molecule has 0 aliphatic heterocycles. The largest absolute Gasteiger partial charge is 0.392 e. The molecule has 5 heteroatoms. The molecular weight excluding hydrogens is 204 g/mol. The number of hydrogen-bond donors (Lipinski definition) is 1. The lowest BCUT2D eigenvalue weighted by Gasteiger charge is -2.28. The zero-order valence-electron chi connectivity index (χ0n) is 9.16. The van der Waals surface area contributed by atoms with Crippen LogP contribution in [0.3, 0.4) is 0 Å². The third-order valence-corrected chi connectivity index (χ3v) is 3.04. The lowest BCUT2D eigenvalue weighted by Crippen LogP contribution is -2.32. The maximum absolute atomic E-state index is 10.1. The monoisotopic (exact) mass is 220 g/mol. The summed E-state index contributed by atoms with van der Waals surface area (Å²) in [6, 6.07) is 1.22. The highest BCUT2D eigenvalue weighted by Gasteiger charge is 2.26. The second-order valence-electron chi connectivity index (χ2n) is 4.07. The predicted octanol–water partition coefficient (Wildman–Crippen LogP) is 2.69. The zero-order chi connectivity index (χ0) is 11.8. The van der Waals surface area contributed by atoms with Crippen molar-refractivity contribution >= 4 is 0 Å². The van der Waals surface area contributed by atoms with Crippen LogP contribution >= 0.6 is 0 Å². The summed E-state index contributed by atoms with van der Waals surface area (Å²) in [7, 11) is 0. The summed E-state index contributed by atoms with van der Waals surface area (Å²) >= 11 is 0. The van der Waals surface area contributed by atoms with Gasteiger partial charge >= 0.3 is 0 Å². The van der Waals surface area contributed by atoms with Gasteiger partial charge in [-0.3, -0.25) is 0 Å². The minimum atomic E-state index is -0.666. The zero-order valence-corrected chi connectivity index (χ0v) is 9.16. The van der Waals surface area contributed by atoms with Gasteiger partial charge in [0.1, 0.15) is 0 Å². The highest BCUT2D eigenvalue weighted by Crippen LogP contribution is 2.28. The number of hydrogen-bond acceptors (Lipinski definition) is 3. The molecule has 1 rings (SSSR count). The molecule has 0 heterocycles. The van der Waals surface area contributed by atoms with Crippen molar-refractivity contribution in [2.75, 3.05) is 0 Å². The molecule has 0 amide bonds. The summed E-state index contributed by atoms with van der Waals surface area (Å²) in [5.41, 5.74) is 8.41. The molecule has 2 atom stereocenters. The Kier molecular flexibility index (Phi) is 5.41. The quantitative estimate of drug-likeness (QED) is 0.341. The fraction of sp³-hybridized carbons (Fsp3) is 0.727. The van der Waals surface area contributed by atoms with Gasteiger partial charge in [-0.2, -0.15) is 5.26 Å². The first-order valence-corrected chi connectivity index (χ1v) is 5.58. The van der Waals surface area contributed by atoms with Gasteiger partial charge in [-0.15, -0.1) is 0 Å². The van der Waals surface area contributed by atoms with Crippen LogP contribution in [0.1, 0.15) is 32.1 Å². The number of nitriles is 1. The molecule has 0 aromatic carbocycles. The van der Waals surface area contributed by atoms with Crippen molar-refractivity contribution in [3.8, 4) is 6.07 Å². The SMILES string of the molecule is N#C/C=C/[C@@H](N=[N+]=[N-])[C@@H](O)C1CCCCC1. The maximum Gasteiger partial charge on any atom is 0.0908 e. The smallest absolute Gasteiger partial charge is 0.0908 e. The van der Waals surface area contributed by atoms with E-state index >= 15 is 0 Å². The molecule has 1 aliphatic rings. The summed E-state index contributed by atoms with van der Waals surface area (Å²) in [4.78, 5) is 2.71. The molecule has 0 spiro atoms. The molecule has 0 aromatic heterocycles. The first-order valence-electron chi connectivity index (χ1n) is 5.58. The fourth-order valence-electron chi connectivity index (χ4n) is 2.18. The first-order chi connectivity index (χ1) is 7.79. The van der Waals surface area contributed by atoms with Gasteiger partial charge in [-0.1, -0.05) is 30.5 Å². The van der Waals surface area contributed by atoms with E-state index < -0.39 is 12.1 Å². The maximum atomic E-state index is 10.1. The minimum Gasteiger partial charge on any atom is -0.392 e. The average Bonchev–Trinajstić information content (AvgIpc) is 2.35. The Balaban J connectivity index is 2.65. The van der Waals surface area contributed by atoms with Crippen molar-refractivity contribution < 1.29 is 5.11 Å². The Morgan fingerprint density at radius 2 is 2.12 bits per heavy atom. The van der Waals surface area contributed by atoms with E-state index in [1.807, 2.05) is 6.07 Å². The van der Waals surface area contributed by atoms with E-state index in [0.29, 0.717) is 0 Å². The van der Waals surface area contributed by atoms with Crippen LogP contribution in [0.15, 0.2) is 17.3 Å². The van der Waals surface area contributed by atoms with Crippen LogP contribution in [0.2, 0.25) is 0 Å². The molecule has 0 bridgehead atoms. The lowest BCUT2D eigenvalue weighted by atomic mass is 9.83. The van der Waals surface area contributed by atoms with Gasteiger partial charge in [0.25, 0.3) is 0 Å². The van der Waals surface area contributed by atoms with E-state index in [-0.39, 0.29) is 5.92 Å². The van der Waals surface area contributed by atoms with Crippen LogP contribution < -0.4 is 0 Å². The number of nitrogens with zero attached hydrogens (tertiary/aromatic N) is 4. The van der Waals surface area contributed by atoms with Gasteiger partial charge < -0.3 is 5.11 Å². The van der Waals surface area contributed by atoms with E-state index in [1.54, 1.807) is 0 Å². The molecule has 0 aromatic rings. The van der Waals surface area contributed by atoms with Crippen LogP contribution in [0.25, 0.3) is 10.4 Å². The molecule has 5 nitrogen and oxygen atoms in total. The Hall–Kier alpha value is -1.50. The highest BCUT2D eigenvalue weighted by molar-refractivity contribution is 5.09. The van der Waals surface area contributed by atoms with Gasteiger partial charge in [0, 0.05) is 11.0 Å². The molecule has 1 aliphatic carbocycles. The van der Waals surface area contributed by atoms with Crippen LogP contribution in [0, 0.1) is 17.2 Å². The van der Waals surface area contributed by atoms with Crippen LogP contribution in [-0.4, -0.2) is 17.3 Å². The third-order valence-electron chi connectivity index (χ3n) is 3.04. The van der Waals surface area contributed by atoms with Crippen LogP contribution in [0.5, 0.6) is 0 Å². The molecule has 1 fully saturated rings. The average molecular weight is 220 g/mol. The number of allylic oxidation sites excluding steroid dienone is 1. The predicted molar refractivity (Wildman–Crippen MR) is 60.3 cm³/mol. The standard InChI is InChI=1S/C11H16N4O/c12-8-4-7-10(14-15-13)11(16)9-5-2-1-3-6-9/h4,7,9-11,16H,1-3,5-6H2/b7-4+/t10-,11+/m1/s1. The van der Waals surface area contributed by atoms with E-state index in [9.17, 15) is 5.11 Å². The van der Waals surface area contributed by atoms with E-state index in [2.05, 4.69) is 10.0 Å². The van der Waals surface area contributed by atoms with Gasteiger partial charge in [-0.25, -0.2) is 0 Å². The summed E-state index contributed by atoms with van der Waals surface area (Å²) in [6.45, 7) is 0. The van der Waals surface area contributed by atoms with Gasteiger partial charge in [0.2, 0.25) is 0 Å². The lowest BCUT2D eigenvalue weighted by molar-refractivity contribution is 0.0743. The molecule has 0 unspecified atom stereocenters. The molecular formula is C11H16N4O. The summed E-state index contributed by atoms with van der Waals surface area (Å²) < 4.78 is 0. The molecule has 1 N–H and O–H groups in total. The molecule has 0 radical (unpaired) electrons. The Morgan fingerprint density at radius 1 is 1.44 bits per heavy atom. The van der Waals surface area contributed by atoms with Gasteiger partial charge in [0.15, 0.2) is 0 Å². The molecule has 0 saturated heterocycles. The van der Waals surface area contributed by atoms with Gasteiger partial charge in [0.05, 0.1) is 18.2 Å². The normalized spacial score (nSPS) is 21.0.